The standard InChI is InChI=1S/C18H15F2N3O2/c19-13-6-5-10(7-14(13)20)18(25)23-16(17(21)24)8-11-9-22-15-4-2-1-3-12(11)15/h1-7,9,16,22H,8H2,(H2,21,24)(H,23,25)/t16-/m0/s1. The average molecular weight is 343 g/mol. The largest absolute Gasteiger partial charge is 0.368 e. The molecule has 0 unspecified atom stereocenters. The van der Waals surface area contributed by atoms with Crippen LogP contribution < -0.4 is 11.1 Å². The summed E-state index contributed by atoms with van der Waals surface area (Å²) in [5.41, 5.74) is 6.99. The molecule has 7 heteroatoms. The Bertz CT molecular complexity index is 952. The van der Waals surface area contributed by atoms with Crippen LogP contribution in [0.4, 0.5) is 8.78 Å². The maximum Gasteiger partial charge on any atom is 0.252 e. The molecule has 1 aromatic heterocycles. The SMILES string of the molecule is NC(=O)[C@H](Cc1c[nH]c2ccccc12)NC(=O)c1ccc(F)c(F)c1. The lowest BCUT2D eigenvalue weighted by atomic mass is 10.0. The van der Waals surface area contributed by atoms with Crippen molar-refractivity contribution >= 4 is 22.7 Å². The molecule has 0 aliphatic carbocycles. The topological polar surface area (TPSA) is 88.0 Å². The molecule has 3 aromatic rings. The van der Waals surface area contributed by atoms with E-state index in [9.17, 15) is 18.4 Å². The Morgan fingerprint density at radius 2 is 1.88 bits per heavy atom. The highest BCUT2D eigenvalue weighted by Crippen LogP contribution is 2.19. The zero-order valence-corrected chi connectivity index (χ0v) is 13.1. The number of H-pyrrole nitrogens is 1. The monoisotopic (exact) mass is 343 g/mol. The molecule has 0 bridgehead atoms. The Balaban J connectivity index is 1.80. The van der Waals surface area contributed by atoms with Gasteiger partial charge in [-0.1, -0.05) is 18.2 Å². The van der Waals surface area contributed by atoms with Gasteiger partial charge in [-0.3, -0.25) is 9.59 Å². The fraction of sp³-hybridized carbons (Fsp3) is 0.111. The highest BCUT2D eigenvalue weighted by Gasteiger charge is 2.21. The molecule has 128 valence electrons. The van der Waals surface area contributed by atoms with Gasteiger partial charge < -0.3 is 16.0 Å². The van der Waals surface area contributed by atoms with Crippen LogP contribution in [0.25, 0.3) is 10.9 Å². The predicted molar refractivity (Wildman–Crippen MR) is 88.8 cm³/mol. The number of benzene rings is 2. The summed E-state index contributed by atoms with van der Waals surface area (Å²) in [4.78, 5) is 27.0. The fourth-order valence-electron chi connectivity index (χ4n) is 2.62. The normalized spacial score (nSPS) is 12.1. The maximum absolute atomic E-state index is 13.3. The van der Waals surface area contributed by atoms with Crippen LogP contribution in [0.3, 0.4) is 0 Å². The number of fused-ring (bicyclic) bond motifs is 1. The van der Waals surface area contributed by atoms with Gasteiger partial charge in [0.15, 0.2) is 11.6 Å². The van der Waals surface area contributed by atoms with E-state index in [-0.39, 0.29) is 12.0 Å². The molecule has 0 aliphatic heterocycles. The van der Waals surface area contributed by atoms with Gasteiger partial charge in [0.2, 0.25) is 5.91 Å². The second kappa shape index (κ2) is 6.72. The van der Waals surface area contributed by atoms with Crippen LogP contribution in [0.2, 0.25) is 0 Å². The molecule has 5 nitrogen and oxygen atoms in total. The number of nitrogens with one attached hydrogen (secondary N) is 2. The number of aromatic amines is 1. The summed E-state index contributed by atoms with van der Waals surface area (Å²) < 4.78 is 26.2. The van der Waals surface area contributed by atoms with Gasteiger partial charge in [0.25, 0.3) is 5.91 Å². The van der Waals surface area contributed by atoms with Crippen molar-refractivity contribution in [3.8, 4) is 0 Å². The minimum atomic E-state index is -1.14. The summed E-state index contributed by atoms with van der Waals surface area (Å²) in [6.07, 6.45) is 1.92. The molecule has 0 saturated heterocycles. The third-order valence-corrected chi connectivity index (χ3v) is 3.93. The van der Waals surface area contributed by atoms with E-state index in [0.717, 1.165) is 34.7 Å². The van der Waals surface area contributed by atoms with Gasteiger partial charge in [0.1, 0.15) is 6.04 Å². The summed E-state index contributed by atoms with van der Waals surface area (Å²) in [6.45, 7) is 0. The molecule has 0 fully saturated rings. The van der Waals surface area contributed by atoms with E-state index in [4.69, 9.17) is 5.73 Å². The van der Waals surface area contributed by atoms with Crippen molar-refractivity contribution in [3.05, 3.63) is 71.4 Å². The highest BCUT2D eigenvalue weighted by atomic mass is 19.2. The molecular weight excluding hydrogens is 328 g/mol. The molecule has 0 radical (unpaired) electrons. The summed E-state index contributed by atoms with van der Waals surface area (Å²) in [6, 6.07) is 9.28. The number of aromatic nitrogens is 1. The molecular formula is C18H15F2N3O2. The van der Waals surface area contributed by atoms with Crippen molar-refractivity contribution in [2.75, 3.05) is 0 Å². The molecule has 25 heavy (non-hydrogen) atoms. The van der Waals surface area contributed by atoms with Crippen molar-refractivity contribution < 1.29 is 18.4 Å². The van der Waals surface area contributed by atoms with Crippen molar-refractivity contribution in [1.82, 2.24) is 10.3 Å². The first-order chi connectivity index (χ1) is 12.0. The lowest BCUT2D eigenvalue weighted by Crippen LogP contribution is -2.45. The number of carbonyl (C=O) groups excluding carboxylic acids is 2. The molecule has 2 amide bonds. The number of halogens is 2. The Kier molecular flexibility index (Phi) is 4.47. The van der Waals surface area contributed by atoms with E-state index < -0.39 is 29.5 Å². The Hall–Kier alpha value is -3.22. The van der Waals surface area contributed by atoms with E-state index in [1.807, 2.05) is 24.3 Å². The third kappa shape index (κ3) is 3.50. The summed E-state index contributed by atoms with van der Waals surface area (Å²) >= 11 is 0. The van der Waals surface area contributed by atoms with Gasteiger partial charge in [0, 0.05) is 29.1 Å². The number of nitrogens with two attached hydrogens (primary N) is 1. The smallest absolute Gasteiger partial charge is 0.252 e. The van der Waals surface area contributed by atoms with Crippen LogP contribution >= 0.6 is 0 Å². The number of rotatable bonds is 5. The van der Waals surface area contributed by atoms with Gasteiger partial charge in [-0.05, 0) is 29.8 Å². The number of hydrogen-bond donors (Lipinski definition) is 3. The van der Waals surface area contributed by atoms with Crippen LogP contribution in [-0.2, 0) is 11.2 Å². The van der Waals surface area contributed by atoms with Crippen LogP contribution in [0.15, 0.2) is 48.7 Å². The number of hydrogen-bond acceptors (Lipinski definition) is 2. The van der Waals surface area contributed by atoms with Crippen molar-refractivity contribution in [2.45, 2.75) is 12.5 Å². The molecule has 4 N–H and O–H groups in total. The summed E-state index contributed by atoms with van der Waals surface area (Å²) in [7, 11) is 0. The number of primary amides is 1. The van der Waals surface area contributed by atoms with Gasteiger partial charge in [-0.2, -0.15) is 0 Å². The van der Waals surface area contributed by atoms with E-state index in [1.54, 1.807) is 6.20 Å². The quantitative estimate of drug-likeness (QED) is 0.664. The van der Waals surface area contributed by atoms with Crippen molar-refractivity contribution in [3.63, 3.8) is 0 Å². The van der Waals surface area contributed by atoms with Crippen LogP contribution in [-0.4, -0.2) is 22.8 Å². The second-order valence-corrected chi connectivity index (χ2v) is 5.62. The minimum Gasteiger partial charge on any atom is -0.368 e. The van der Waals surface area contributed by atoms with E-state index >= 15 is 0 Å². The summed E-state index contributed by atoms with van der Waals surface area (Å²) in [5.74, 6) is -3.62. The molecule has 3 rings (SSSR count). The maximum atomic E-state index is 13.3. The zero-order chi connectivity index (χ0) is 18.0. The fourth-order valence-corrected chi connectivity index (χ4v) is 2.62. The lowest BCUT2D eigenvalue weighted by molar-refractivity contribution is -0.119. The molecule has 2 aromatic carbocycles. The summed E-state index contributed by atoms with van der Waals surface area (Å²) in [5, 5.41) is 3.38. The van der Waals surface area contributed by atoms with E-state index in [1.165, 1.54) is 0 Å². The van der Waals surface area contributed by atoms with Crippen LogP contribution in [0.1, 0.15) is 15.9 Å². The molecule has 0 spiro atoms. The van der Waals surface area contributed by atoms with Gasteiger partial charge in [-0.25, -0.2) is 8.78 Å². The first kappa shape index (κ1) is 16.6. The van der Waals surface area contributed by atoms with Gasteiger partial charge in [-0.15, -0.1) is 0 Å². The molecule has 0 saturated carbocycles. The molecule has 0 aliphatic rings. The molecule has 1 heterocycles. The first-order valence-corrected chi connectivity index (χ1v) is 7.56. The van der Waals surface area contributed by atoms with Crippen LogP contribution in [0.5, 0.6) is 0 Å². The van der Waals surface area contributed by atoms with Crippen molar-refractivity contribution in [2.24, 2.45) is 5.73 Å². The first-order valence-electron chi connectivity index (χ1n) is 7.56. The van der Waals surface area contributed by atoms with Crippen LogP contribution in [0, 0.1) is 11.6 Å². The van der Waals surface area contributed by atoms with Crippen molar-refractivity contribution in [1.29, 1.82) is 0 Å². The zero-order valence-electron chi connectivity index (χ0n) is 13.1. The average Bonchev–Trinajstić information content (AvgIpc) is 2.99. The van der Waals surface area contributed by atoms with E-state index in [0.29, 0.717) is 0 Å². The number of amides is 2. The third-order valence-electron chi connectivity index (χ3n) is 3.93. The van der Waals surface area contributed by atoms with E-state index in [2.05, 4.69) is 10.3 Å². The predicted octanol–water partition coefficient (Wildman–Crippen LogP) is 2.27. The number of carbonyl (C=O) groups is 2. The molecule has 1 atom stereocenters. The Morgan fingerprint density at radius 3 is 2.60 bits per heavy atom. The Morgan fingerprint density at radius 1 is 1.12 bits per heavy atom. The number of para-hydroxylation sites is 1. The van der Waals surface area contributed by atoms with Gasteiger partial charge >= 0.3 is 0 Å². The Labute approximate surface area is 141 Å². The lowest BCUT2D eigenvalue weighted by Gasteiger charge is -2.15. The minimum absolute atomic E-state index is 0.0934. The second-order valence-electron chi connectivity index (χ2n) is 5.62. The highest BCUT2D eigenvalue weighted by molar-refractivity contribution is 5.97. The van der Waals surface area contributed by atoms with Gasteiger partial charge in [0.05, 0.1) is 0 Å².